The molecule has 0 unspecified atom stereocenters. The van der Waals surface area contributed by atoms with Gasteiger partial charge in [0.2, 0.25) is 0 Å². The Morgan fingerprint density at radius 3 is 0.750 bits per heavy atom. The fourth-order valence-electron chi connectivity index (χ4n) is 0. The monoisotopic (exact) mass is 88.0 g/mol. The highest BCUT2D eigenvalue weighted by molar-refractivity contribution is 5.85. The zero-order valence-electron chi connectivity index (χ0n) is 2.32. The van der Waals surface area contributed by atoms with Crippen LogP contribution in [0.25, 0.3) is 0 Å². The van der Waals surface area contributed by atoms with E-state index in [0.29, 0.717) is 0 Å². The van der Waals surface area contributed by atoms with Crippen molar-refractivity contribution >= 4 is 12.4 Å². The van der Waals surface area contributed by atoms with Crippen molar-refractivity contribution in [3.63, 3.8) is 0 Å². The van der Waals surface area contributed by atoms with E-state index in [-0.39, 0.29) is 30.2 Å². The Labute approximate surface area is 31.3 Å². The maximum absolute atomic E-state index is 0. The van der Waals surface area contributed by atoms with Gasteiger partial charge in [-0.1, -0.05) is 0 Å². The number of hydrogen-bond acceptors (Lipinski definition) is 2. The minimum absolute atomic E-state index is 0. The second-order valence-corrected chi connectivity index (χ2v) is 0. The highest BCUT2D eigenvalue weighted by Crippen LogP contribution is 0.690. The van der Waals surface area contributed by atoms with Crippen molar-refractivity contribution in [2.75, 3.05) is 0 Å². The van der Waals surface area contributed by atoms with Gasteiger partial charge in [0.15, 0.2) is 0 Å². The average Bonchev–Trinajstić information content (AvgIpc) is 0. The van der Waals surface area contributed by atoms with Crippen molar-refractivity contribution in [3.05, 3.63) is 0 Å². The van der Waals surface area contributed by atoms with Crippen molar-refractivity contribution < 1.29 is 5.48 Å². The standard InChI is InChI=1S/ClH.2H3N.H2O/h1H;2*1H3;1H2. The van der Waals surface area contributed by atoms with Crippen molar-refractivity contribution in [1.82, 2.24) is 12.3 Å². The Morgan fingerprint density at radius 1 is 0.750 bits per heavy atom. The highest BCUT2D eigenvalue weighted by atomic mass is 35.5. The third kappa shape index (κ3) is 103. The summed E-state index contributed by atoms with van der Waals surface area (Å²) in [6.45, 7) is 0. The minimum Gasteiger partial charge on any atom is -0.412 e. The lowest BCUT2D eigenvalue weighted by molar-refractivity contribution is 0.824. The molecule has 0 bridgehead atoms. The van der Waals surface area contributed by atoms with E-state index in [9.17, 15) is 0 Å². The summed E-state index contributed by atoms with van der Waals surface area (Å²) in [5.74, 6) is 0. The van der Waals surface area contributed by atoms with Crippen molar-refractivity contribution in [2.45, 2.75) is 0 Å². The van der Waals surface area contributed by atoms with Gasteiger partial charge in [0.1, 0.15) is 0 Å². The van der Waals surface area contributed by atoms with Crippen molar-refractivity contribution in [3.8, 4) is 0 Å². The molecule has 0 saturated heterocycles. The molecule has 0 aliphatic carbocycles. The van der Waals surface area contributed by atoms with Crippen molar-refractivity contribution in [1.29, 1.82) is 0 Å². The summed E-state index contributed by atoms with van der Waals surface area (Å²) < 4.78 is 0. The van der Waals surface area contributed by atoms with Gasteiger partial charge in [-0.15, -0.1) is 12.4 Å². The van der Waals surface area contributed by atoms with Gasteiger partial charge in [-0.3, -0.25) is 0 Å². The quantitative estimate of drug-likeness (QED) is 0.433. The molecular formula is H9ClN2O. The second kappa shape index (κ2) is 517. The summed E-state index contributed by atoms with van der Waals surface area (Å²) >= 11 is 0. The maximum atomic E-state index is 0. The SMILES string of the molecule is Cl.N.N.O. The first-order chi connectivity index (χ1) is 0. The maximum Gasteiger partial charge on any atom is -0.147 e. The minimum atomic E-state index is 0. The van der Waals surface area contributed by atoms with Crippen LogP contribution in [-0.2, 0) is 0 Å². The molecule has 4 heteroatoms. The van der Waals surface area contributed by atoms with Gasteiger partial charge < -0.3 is 17.8 Å². The van der Waals surface area contributed by atoms with Gasteiger partial charge in [0.05, 0.1) is 0 Å². The van der Waals surface area contributed by atoms with Gasteiger partial charge in [-0.05, 0) is 0 Å². The van der Waals surface area contributed by atoms with Crippen LogP contribution in [0.2, 0.25) is 0 Å². The predicted octanol–water partition coefficient (Wildman–Crippen LogP) is -0.0789. The molecule has 8 N–H and O–H groups in total. The van der Waals surface area contributed by atoms with Crippen molar-refractivity contribution in [2.24, 2.45) is 0 Å². The molecule has 0 radical (unpaired) electrons. The van der Waals surface area contributed by atoms with Crippen LogP contribution in [0.15, 0.2) is 0 Å². The Morgan fingerprint density at radius 2 is 0.750 bits per heavy atom. The Bertz CT molecular complexity index is 6.00. The summed E-state index contributed by atoms with van der Waals surface area (Å²) in [6.07, 6.45) is 0. The van der Waals surface area contributed by atoms with Gasteiger partial charge in [-0.2, -0.15) is 0 Å². The van der Waals surface area contributed by atoms with Gasteiger partial charge in [0.25, 0.3) is 0 Å². The van der Waals surface area contributed by atoms with E-state index in [0.717, 1.165) is 0 Å². The normalized spacial score (nSPS) is 0. The molecule has 0 saturated carbocycles. The van der Waals surface area contributed by atoms with E-state index in [1.807, 2.05) is 0 Å². The van der Waals surface area contributed by atoms with E-state index >= 15 is 0 Å². The largest absolute Gasteiger partial charge is 0.412 e. The van der Waals surface area contributed by atoms with Crippen LogP contribution >= 0.6 is 12.4 Å². The van der Waals surface area contributed by atoms with Crippen LogP contribution in [0.4, 0.5) is 0 Å². The lowest BCUT2D eigenvalue weighted by atomic mass is 14.0. The van der Waals surface area contributed by atoms with Crippen LogP contribution in [-0.4, -0.2) is 5.48 Å². The molecule has 0 amide bonds. The molecule has 0 aliphatic heterocycles. The summed E-state index contributed by atoms with van der Waals surface area (Å²) in [6, 6.07) is 0. The second-order valence-electron chi connectivity index (χ2n) is 0. The number of halogens is 1. The zero-order chi connectivity index (χ0) is 0. The first-order valence-electron chi connectivity index (χ1n) is 0. The first kappa shape index (κ1) is 1450. The van der Waals surface area contributed by atoms with E-state index < -0.39 is 0 Å². The molecular weight excluding hydrogens is 79.5 g/mol. The van der Waals surface area contributed by atoms with Gasteiger partial charge in [-0.25, -0.2) is 0 Å². The fraction of sp³-hybridized carbons (Fsp3) is 0. The first-order valence-corrected chi connectivity index (χ1v) is 0. The van der Waals surface area contributed by atoms with Gasteiger partial charge in [0, 0.05) is 0 Å². The van der Waals surface area contributed by atoms with E-state index in [4.69, 9.17) is 0 Å². The van der Waals surface area contributed by atoms with E-state index in [1.54, 1.807) is 0 Å². The molecule has 0 aromatic rings. The third-order valence-electron chi connectivity index (χ3n) is 0. The van der Waals surface area contributed by atoms with Crippen LogP contribution in [0, 0.1) is 0 Å². The van der Waals surface area contributed by atoms with E-state index in [1.165, 1.54) is 0 Å². The Hall–Kier alpha value is 0.170. The lowest BCUT2D eigenvalue weighted by Crippen LogP contribution is -0.482. The third-order valence-corrected chi connectivity index (χ3v) is 0. The highest BCUT2D eigenvalue weighted by Gasteiger charge is -0.147. The molecule has 0 spiro atoms. The van der Waals surface area contributed by atoms with Crippen LogP contribution < -0.4 is 12.3 Å². The molecule has 0 aromatic carbocycles. The summed E-state index contributed by atoms with van der Waals surface area (Å²) in [5, 5.41) is 0. The molecule has 3 nitrogen and oxygen atoms in total. The predicted molar refractivity (Wildman–Crippen MR) is 20.9 cm³/mol. The fourth-order valence-corrected chi connectivity index (χ4v) is 0. The Kier molecular flexibility index (Phi) is 187000. The van der Waals surface area contributed by atoms with Crippen LogP contribution in [0.3, 0.4) is 0 Å². The van der Waals surface area contributed by atoms with Gasteiger partial charge >= 0.3 is 0 Å². The molecule has 4 heavy (non-hydrogen) atoms. The summed E-state index contributed by atoms with van der Waals surface area (Å²) in [7, 11) is 0. The number of rotatable bonds is 0. The summed E-state index contributed by atoms with van der Waals surface area (Å²) in [5.41, 5.74) is 0. The van der Waals surface area contributed by atoms with Crippen LogP contribution in [0.1, 0.15) is 0 Å². The van der Waals surface area contributed by atoms with E-state index in [2.05, 4.69) is 0 Å². The molecule has 0 heterocycles. The molecule has 0 fully saturated rings. The topological polar surface area (TPSA) is 102 Å². The average molecular weight is 88.5 g/mol. The lowest BCUT2D eigenvalue weighted by Gasteiger charge is -0.412. The van der Waals surface area contributed by atoms with Crippen LogP contribution in [0.5, 0.6) is 0 Å². The zero-order valence-corrected chi connectivity index (χ0v) is 3.14. The smallest absolute Gasteiger partial charge is 0.147 e. The summed E-state index contributed by atoms with van der Waals surface area (Å²) in [4.78, 5) is 0. The molecule has 0 atom stereocenters. The molecule has 0 rings (SSSR count). The molecule has 0 aromatic heterocycles. The molecule has 32 valence electrons. The molecule has 0 aliphatic rings. The number of hydrogen-bond donors (Lipinski definition) is 2. The Balaban J connectivity index is 0.